The number of benzene rings is 4. The summed E-state index contributed by atoms with van der Waals surface area (Å²) in [6, 6.07) is 23.6. The van der Waals surface area contributed by atoms with Crippen molar-refractivity contribution in [3.05, 3.63) is 72.3 Å². The minimum absolute atomic E-state index is 0.181. The van der Waals surface area contributed by atoms with E-state index in [-0.39, 0.29) is 6.61 Å². The normalized spacial score (nSPS) is 11.5. The summed E-state index contributed by atoms with van der Waals surface area (Å²) < 4.78 is 0. The van der Waals surface area contributed by atoms with Crippen LogP contribution < -0.4 is 0 Å². The quantitative estimate of drug-likeness (QED) is 0.525. The summed E-state index contributed by atoms with van der Waals surface area (Å²) in [5, 5.41) is 17.0. The van der Waals surface area contributed by atoms with Gasteiger partial charge in [-0.25, -0.2) is 0 Å². The van der Waals surface area contributed by atoms with Crippen molar-refractivity contribution >= 4 is 32.3 Å². The zero-order chi connectivity index (χ0) is 14.2. The third kappa shape index (κ3) is 1.90. The second-order valence-electron chi connectivity index (χ2n) is 5.44. The molecule has 0 aliphatic heterocycles. The molecule has 0 spiro atoms. The lowest BCUT2D eigenvalue weighted by Gasteiger charge is -2.12. The van der Waals surface area contributed by atoms with Gasteiger partial charge in [-0.05, 0) is 50.4 Å². The van der Waals surface area contributed by atoms with Gasteiger partial charge in [0.1, 0.15) is 0 Å². The number of hydrogen-bond donors (Lipinski definition) is 1. The van der Waals surface area contributed by atoms with Crippen molar-refractivity contribution in [1.82, 2.24) is 0 Å². The van der Waals surface area contributed by atoms with Crippen molar-refractivity contribution in [2.24, 2.45) is 0 Å². The van der Waals surface area contributed by atoms with Crippen molar-refractivity contribution in [2.75, 3.05) is 6.61 Å². The maximum absolute atomic E-state index is 9.36. The number of rotatable bonds is 2. The standard InChI is InChI=1S/C20H16O/c21-12-11-15-13-20-16-6-2-1-5-14(16)9-10-19(20)18-8-4-3-7-17(15)18/h1-10,13,21H,11-12H2. The van der Waals surface area contributed by atoms with E-state index in [0.29, 0.717) is 6.42 Å². The monoisotopic (exact) mass is 272 g/mol. The molecule has 0 saturated heterocycles. The third-order valence-electron chi connectivity index (χ3n) is 4.23. The smallest absolute Gasteiger partial charge is 0.0471 e. The number of fused-ring (bicyclic) bond motifs is 5. The van der Waals surface area contributed by atoms with Crippen LogP contribution >= 0.6 is 0 Å². The van der Waals surface area contributed by atoms with Gasteiger partial charge in [0.25, 0.3) is 0 Å². The Kier molecular flexibility index (Phi) is 2.87. The maximum atomic E-state index is 9.36. The molecule has 0 fully saturated rings. The van der Waals surface area contributed by atoms with E-state index in [1.165, 1.54) is 37.9 Å². The van der Waals surface area contributed by atoms with E-state index in [2.05, 4.69) is 66.7 Å². The van der Waals surface area contributed by atoms with E-state index in [1.54, 1.807) is 0 Å². The van der Waals surface area contributed by atoms with Crippen LogP contribution in [0.25, 0.3) is 32.3 Å². The van der Waals surface area contributed by atoms with Crippen molar-refractivity contribution < 1.29 is 5.11 Å². The molecule has 0 radical (unpaired) electrons. The lowest BCUT2D eigenvalue weighted by Crippen LogP contribution is -1.93. The number of hydrogen-bond acceptors (Lipinski definition) is 1. The molecule has 1 nitrogen and oxygen atoms in total. The number of aliphatic hydroxyl groups is 1. The summed E-state index contributed by atoms with van der Waals surface area (Å²) in [7, 11) is 0. The predicted molar refractivity (Wildman–Crippen MR) is 89.7 cm³/mol. The van der Waals surface area contributed by atoms with Crippen LogP contribution in [-0.2, 0) is 6.42 Å². The highest BCUT2D eigenvalue weighted by Crippen LogP contribution is 2.33. The van der Waals surface area contributed by atoms with Crippen molar-refractivity contribution in [3.8, 4) is 0 Å². The third-order valence-corrected chi connectivity index (χ3v) is 4.23. The fourth-order valence-corrected chi connectivity index (χ4v) is 3.26. The molecule has 1 N–H and O–H groups in total. The van der Waals surface area contributed by atoms with Crippen LogP contribution in [-0.4, -0.2) is 11.7 Å². The molecule has 0 unspecified atom stereocenters. The Hall–Kier alpha value is -2.38. The average molecular weight is 272 g/mol. The topological polar surface area (TPSA) is 20.2 Å². The van der Waals surface area contributed by atoms with Gasteiger partial charge in [-0.1, -0.05) is 60.7 Å². The predicted octanol–water partition coefficient (Wildman–Crippen LogP) is 4.68. The maximum Gasteiger partial charge on any atom is 0.0471 e. The molecule has 0 saturated carbocycles. The van der Waals surface area contributed by atoms with E-state index in [4.69, 9.17) is 0 Å². The molecule has 4 aromatic carbocycles. The van der Waals surface area contributed by atoms with E-state index >= 15 is 0 Å². The zero-order valence-electron chi connectivity index (χ0n) is 11.7. The molecule has 0 amide bonds. The van der Waals surface area contributed by atoms with Gasteiger partial charge in [-0.2, -0.15) is 0 Å². The van der Waals surface area contributed by atoms with Crippen LogP contribution in [0.4, 0.5) is 0 Å². The SMILES string of the molecule is OCCc1cc2c3ccccc3ccc2c2ccccc12. The molecule has 0 aliphatic carbocycles. The highest BCUT2D eigenvalue weighted by atomic mass is 16.2. The fourth-order valence-electron chi connectivity index (χ4n) is 3.26. The molecule has 1 heteroatoms. The minimum Gasteiger partial charge on any atom is -0.396 e. The summed E-state index contributed by atoms with van der Waals surface area (Å²) in [5.74, 6) is 0. The van der Waals surface area contributed by atoms with Gasteiger partial charge in [0.05, 0.1) is 0 Å². The van der Waals surface area contributed by atoms with E-state index in [9.17, 15) is 5.11 Å². The first kappa shape index (κ1) is 12.4. The summed E-state index contributed by atoms with van der Waals surface area (Å²) in [5.41, 5.74) is 1.22. The summed E-state index contributed by atoms with van der Waals surface area (Å²) in [4.78, 5) is 0. The highest BCUT2D eigenvalue weighted by molar-refractivity contribution is 6.18. The Balaban J connectivity index is 2.23. The van der Waals surface area contributed by atoms with Gasteiger partial charge in [-0.15, -0.1) is 0 Å². The molecular formula is C20H16O. The minimum atomic E-state index is 0.181. The fraction of sp³-hybridized carbons (Fsp3) is 0.100. The molecule has 4 rings (SSSR count). The van der Waals surface area contributed by atoms with Crippen LogP contribution in [0.15, 0.2) is 66.7 Å². The molecule has 0 aromatic heterocycles. The summed E-state index contributed by atoms with van der Waals surface area (Å²) in [6.45, 7) is 0.181. The Morgan fingerprint density at radius 1 is 0.619 bits per heavy atom. The van der Waals surface area contributed by atoms with Gasteiger partial charge in [0, 0.05) is 6.61 Å². The summed E-state index contributed by atoms with van der Waals surface area (Å²) in [6.07, 6.45) is 0.694. The highest BCUT2D eigenvalue weighted by Gasteiger charge is 2.08. The van der Waals surface area contributed by atoms with Crippen LogP contribution in [0, 0.1) is 0 Å². The van der Waals surface area contributed by atoms with Crippen LogP contribution in [0.3, 0.4) is 0 Å². The van der Waals surface area contributed by atoms with Gasteiger partial charge < -0.3 is 5.11 Å². The summed E-state index contributed by atoms with van der Waals surface area (Å²) >= 11 is 0. The van der Waals surface area contributed by atoms with Gasteiger partial charge >= 0.3 is 0 Å². The molecule has 102 valence electrons. The first-order valence-electron chi connectivity index (χ1n) is 7.31. The second kappa shape index (κ2) is 4.87. The first-order chi connectivity index (χ1) is 10.4. The molecule has 4 aromatic rings. The molecule has 0 aliphatic rings. The lowest BCUT2D eigenvalue weighted by molar-refractivity contribution is 0.300. The van der Waals surface area contributed by atoms with Crippen LogP contribution in [0.5, 0.6) is 0 Å². The largest absolute Gasteiger partial charge is 0.396 e. The van der Waals surface area contributed by atoms with Gasteiger partial charge in [-0.3, -0.25) is 0 Å². The van der Waals surface area contributed by atoms with E-state index < -0.39 is 0 Å². The average Bonchev–Trinajstić information content (AvgIpc) is 2.55. The molecular weight excluding hydrogens is 256 g/mol. The second-order valence-corrected chi connectivity index (χ2v) is 5.44. The van der Waals surface area contributed by atoms with Gasteiger partial charge in [0.2, 0.25) is 0 Å². The zero-order valence-corrected chi connectivity index (χ0v) is 11.7. The molecule has 21 heavy (non-hydrogen) atoms. The van der Waals surface area contributed by atoms with Crippen molar-refractivity contribution in [1.29, 1.82) is 0 Å². The Labute approximate surface area is 123 Å². The van der Waals surface area contributed by atoms with Crippen LogP contribution in [0.1, 0.15) is 5.56 Å². The molecule has 0 bridgehead atoms. The van der Waals surface area contributed by atoms with Gasteiger partial charge in [0.15, 0.2) is 0 Å². The Morgan fingerprint density at radius 3 is 2.10 bits per heavy atom. The van der Waals surface area contributed by atoms with Crippen molar-refractivity contribution in [2.45, 2.75) is 6.42 Å². The van der Waals surface area contributed by atoms with Crippen LogP contribution in [0.2, 0.25) is 0 Å². The Morgan fingerprint density at radius 2 is 1.29 bits per heavy atom. The first-order valence-corrected chi connectivity index (χ1v) is 7.31. The van der Waals surface area contributed by atoms with E-state index in [1.807, 2.05) is 0 Å². The number of aliphatic hydroxyl groups excluding tert-OH is 1. The van der Waals surface area contributed by atoms with Crippen molar-refractivity contribution in [3.63, 3.8) is 0 Å². The molecule has 0 heterocycles. The Bertz CT molecular complexity index is 954. The molecule has 0 atom stereocenters. The lowest BCUT2D eigenvalue weighted by atomic mass is 9.93. The van der Waals surface area contributed by atoms with E-state index in [0.717, 1.165) is 0 Å².